The molecule has 0 amide bonds. The van der Waals surface area contributed by atoms with Crippen LogP contribution in [0, 0.1) is 6.92 Å². The van der Waals surface area contributed by atoms with Crippen LogP contribution in [0.5, 0.6) is 0 Å². The van der Waals surface area contributed by atoms with Gasteiger partial charge in [0.2, 0.25) is 0 Å². The van der Waals surface area contributed by atoms with Crippen molar-refractivity contribution in [1.29, 1.82) is 0 Å². The molecule has 3 heteroatoms. The second kappa shape index (κ2) is 5.02. The van der Waals surface area contributed by atoms with Crippen LogP contribution in [-0.2, 0) is 0 Å². The molecule has 0 saturated heterocycles. The third-order valence-electron chi connectivity index (χ3n) is 2.39. The normalized spacial score (nSPS) is 11.5. The number of halogens is 1. The van der Waals surface area contributed by atoms with E-state index in [9.17, 15) is 0 Å². The highest BCUT2D eigenvalue weighted by atomic mass is 35.5. The lowest BCUT2D eigenvalue weighted by atomic mass is 10.2. The van der Waals surface area contributed by atoms with Crippen LogP contribution in [0.3, 0.4) is 0 Å². The summed E-state index contributed by atoms with van der Waals surface area (Å²) in [6.45, 7) is 2.03. The van der Waals surface area contributed by atoms with Gasteiger partial charge in [0, 0.05) is 10.6 Å². The predicted octanol–water partition coefficient (Wildman–Crippen LogP) is 3.69. The molecule has 0 aliphatic heterocycles. The Balaban J connectivity index is 2.30. The number of aryl methyl sites for hydroxylation is 1. The van der Waals surface area contributed by atoms with Crippen molar-refractivity contribution in [3.05, 3.63) is 64.7 Å². The Morgan fingerprint density at radius 2 is 1.82 bits per heavy atom. The SMILES string of the molecule is Cc1cccc(N=C(N)c2ccc(Cl)cc2)c1. The van der Waals surface area contributed by atoms with Gasteiger partial charge in [-0.1, -0.05) is 23.7 Å². The number of hydrogen-bond acceptors (Lipinski definition) is 1. The van der Waals surface area contributed by atoms with Crippen LogP contribution in [0.1, 0.15) is 11.1 Å². The summed E-state index contributed by atoms with van der Waals surface area (Å²) in [5.74, 6) is 0.493. The van der Waals surface area contributed by atoms with Gasteiger partial charge in [0.15, 0.2) is 0 Å². The summed E-state index contributed by atoms with van der Waals surface area (Å²) in [6, 6.07) is 15.2. The Morgan fingerprint density at radius 1 is 1.12 bits per heavy atom. The number of nitrogens with two attached hydrogens (primary N) is 1. The van der Waals surface area contributed by atoms with Crippen molar-refractivity contribution in [2.45, 2.75) is 6.92 Å². The molecule has 0 radical (unpaired) electrons. The maximum absolute atomic E-state index is 5.93. The highest BCUT2D eigenvalue weighted by Gasteiger charge is 1.98. The van der Waals surface area contributed by atoms with Crippen molar-refractivity contribution in [2.24, 2.45) is 10.7 Å². The Bertz CT molecular complexity index is 544. The first-order valence-corrected chi connectivity index (χ1v) is 5.70. The van der Waals surface area contributed by atoms with Crippen LogP contribution in [0.2, 0.25) is 5.02 Å². The van der Waals surface area contributed by atoms with E-state index in [-0.39, 0.29) is 0 Å². The molecule has 0 unspecified atom stereocenters. The van der Waals surface area contributed by atoms with E-state index in [2.05, 4.69) is 4.99 Å². The summed E-state index contributed by atoms with van der Waals surface area (Å²) in [4.78, 5) is 4.37. The number of hydrogen-bond donors (Lipinski definition) is 1. The molecular weight excluding hydrogens is 232 g/mol. The zero-order valence-corrected chi connectivity index (χ0v) is 10.3. The molecule has 2 rings (SSSR count). The monoisotopic (exact) mass is 244 g/mol. The van der Waals surface area contributed by atoms with Crippen LogP contribution in [0.15, 0.2) is 53.5 Å². The van der Waals surface area contributed by atoms with E-state index in [1.54, 1.807) is 12.1 Å². The first-order chi connectivity index (χ1) is 8.15. The van der Waals surface area contributed by atoms with Crippen molar-refractivity contribution in [1.82, 2.24) is 0 Å². The average molecular weight is 245 g/mol. The molecule has 0 heterocycles. The van der Waals surface area contributed by atoms with E-state index in [4.69, 9.17) is 17.3 Å². The number of aliphatic imine (C=N–C) groups is 1. The fraction of sp³-hybridized carbons (Fsp3) is 0.0714. The molecule has 0 atom stereocenters. The molecule has 0 saturated carbocycles. The van der Waals surface area contributed by atoms with Gasteiger partial charge in [-0.3, -0.25) is 0 Å². The summed E-state index contributed by atoms with van der Waals surface area (Å²) >= 11 is 5.82. The average Bonchev–Trinajstić information content (AvgIpc) is 2.29. The summed E-state index contributed by atoms with van der Waals surface area (Å²) in [5, 5.41) is 0.692. The van der Waals surface area contributed by atoms with Gasteiger partial charge in [-0.25, -0.2) is 4.99 Å². The molecule has 17 heavy (non-hydrogen) atoms. The van der Waals surface area contributed by atoms with Gasteiger partial charge in [0.25, 0.3) is 0 Å². The van der Waals surface area contributed by atoms with E-state index in [1.807, 2.05) is 43.3 Å². The van der Waals surface area contributed by atoms with E-state index in [0.29, 0.717) is 10.9 Å². The van der Waals surface area contributed by atoms with Gasteiger partial charge in [-0.2, -0.15) is 0 Å². The van der Waals surface area contributed by atoms with Gasteiger partial charge in [0.05, 0.1) is 5.69 Å². The zero-order valence-electron chi connectivity index (χ0n) is 9.52. The zero-order chi connectivity index (χ0) is 12.3. The van der Waals surface area contributed by atoms with E-state index >= 15 is 0 Å². The maximum atomic E-state index is 5.93. The van der Waals surface area contributed by atoms with Crippen molar-refractivity contribution < 1.29 is 0 Å². The van der Waals surface area contributed by atoms with Crippen LogP contribution >= 0.6 is 11.6 Å². The fourth-order valence-corrected chi connectivity index (χ4v) is 1.65. The summed E-state index contributed by atoms with van der Waals surface area (Å²) in [6.07, 6.45) is 0. The quantitative estimate of drug-likeness (QED) is 0.635. The number of rotatable bonds is 2. The number of nitrogens with zero attached hydrogens (tertiary/aromatic N) is 1. The molecular formula is C14H13ClN2. The molecule has 2 aromatic carbocycles. The minimum absolute atomic E-state index is 0.493. The predicted molar refractivity (Wildman–Crippen MR) is 73.0 cm³/mol. The molecule has 0 fully saturated rings. The second-order valence-corrected chi connectivity index (χ2v) is 4.28. The van der Waals surface area contributed by atoms with Gasteiger partial charge in [-0.15, -0.1) is 0 Å². The molecule has 2 aromatic rings. The molecule has 2 nitrogen and oxygen atoms in total. The van der Waals surface area contributed by atoms with Gasteiger partial charge in [0.1, 0.15) is 5.84 Å². The first kappa shape index (κ1) is 11.7. The highest BCUT2D eigenvalue weighted by molar-refractivity contribution is 6.30. The minimum Gasteiger partial charge on any atom is -0.383 e. The molecule has 0 spiro atoms. The number of benzene rings is 2. The van der Waals surface area contributed by atoms with Crippen molar-refractivity contribution in [3.8, 4) is 0 Å². The van der Waals surface area contributed by atoms with Gasteiger partial charge < -0.3 is 5.73 Å². The van der Waals surface area contributed by atoms with Crippen molar-refractivity contribution in [3.63, 3.8) is 0 Å². The molecule has 0 aliphatic carbocycles. The van der Waals surface area contributed by atoms with E-state index in [1.165, 1.54) is 0 Å². The van der Waals surface area contributed by atoms with E-state index in [0.717, 1.165) is 16.8 Å². The first-order valence-electron chi connectivity index (χ1n) is 5.32. The van der Waals surface area contributed by atoms with Crippen molar-refractivity contribution >= 4 is 23.1 Å². The topological polar surface area (TPSA) is 38.4 Å². The van der Waals surface area contributed by atoms with Crippen LogP contribution in [0.4, 0.5) is 5.69 Å². The second-order valence-electron chi connectivity index (χ2n) is 3.84. The molecule has 2 N–H and O–H groups in total. The molecule has 0 aromatic heterocycles. The van der Waals surface area contributed by atoms with E-state index < -0.39 is 0 Å². The van der Waals surface area contributed by atoms with Crippen molar-refractivity contribution in [2.75, 3.05) is 0 Å². The highest BCUT2D eigenvalue weighted by Crippen LogP contribution is 2.15. The molecule has 0 bridgehead atoms. The third kappa shape index (κ3) is 3.08. The standard InChI is InChI=1S/C14H13ClN2/c1-10-3-2-4-13(9-10)17-14(16)11-5-7-12(15)8-6-11/h2-9H,1H3,(H2,16,17). The summed E-state index contributed by atoms with van der Waals surface area (Å²) < 4.78 is 0. The lowest BCUT2D eigenvalue weighted by Gasteiger charge is -2.02. The lowest BCUT2D eigenvalue weighted by Crippen LogP contribution is -2.12. The smallest absolute Gasteiger partial charge is 0.131 e. The van der Waals surface area contributed by atoms with Crippen LogP contribution < -0.4 is 5.73 Å². The fourth-order valence-electron chi connectivity index (χ4n) is 1.52. The minimum atomic E-state index is 0.493. The Hall–Kier alpha value is -1.80. The molecule has 86 valence electrons. The van der Waals surface area contributed by atoms with Gasteiger partial charge >= 0.3 is 0 Å². The summed E-state index contributed by atoms with van der Waals surface area (Å²) in [5.41, 5.74) is 8.83. The summed E-state index contributed by atoms with van der Waals surface area (Å²) in [7, 11) is 0. The van der Waals surface area contributed by atoms with Crippen LogP contribution in [-0.4, -0.2) is 5.84 Å². The van der Waals surface area contributed by atoms with Crippen LogP contribution in [0.25, 0.3) is 0 Å². The lowest BCUT2D eigenvalue weighted by molar-refractivity contribution is 1.40. The Labute approximate surface area is 106 Å². The van der Waals surface area contributed by atoms with Gasteiger partial charge in [-0.05, 0) is 48.9 Å². The number of amidine groups is 1. The maximum Gasteiger partial charge on any atom is 0.131 e. The Morgan fingerprint density at radius 3 is 2.47 bits per heavy atom. The molecule has 0 aliphatic rings. The largest absolute Gasteiger partial charge is 0.383 e. The Kier molecular flexibility index (Phi) is 3.45. The third-order valence-corrected chi connectivity index (χ3v) is 2.64.